The van der Waals surface area contributed by atoms with Gasteiger partial charge in [-0.25, -0.2) is 0 Å². The van der Waals surface area contributed by atoms with Crippen molar-refractivity contribution in [3.05, 3.63) is 0 Å². The zero-order valence-corrected chi connectivity index (χ0v) is 7.69. The first-order valence-electron chi connectivity index (χ1n) is 4.85. The van der Waals surface area contributed by atoms with Crippen LogP contribution >= 0.6 is 0 Å². The van der Waals surface area contributed by atoms with Gasteiger partial charge in [-0.15, -0.1) is 0 Å². The topological polar surface area (TPSA) is 36.4 Å². The van der Waals surface area contributed by atoms with Gasteiger partial charge in [0.1, 0.15) is 0 Å². The van der Waals surface area contributed by atoms with E-state index in [0.717, 1.165) is 19.0 Å². The molecule has 1 heterocycles. The summed E-state index contributed by atoms with van der Waals surface area (Å²) in [6.45, 7) is 4.32. The van der Waals surface area contributed by atoms with Crippen molar-refractivity contribution in [1.29, 1.82) is 0 Å². The Morgan fingerprint density at radius 2 is 2.25 bits per heavy atom. The molecule has 0 unspecified atom stereocenters. The summed E-state index contributed by atoms with van der Waals surface area (Å²) >= 11 is 0. The molecule has 0 bridgehead atoms. The van der Waals surface area contributed by atoms with Crippen molar-refractivity contribution < 1.29 is 0 Å². The molecule has 3 heteroatoms. The van der Waals surface area contributed by atoms with Crippen LogP contribution in [0, 0.1) is 0 Å². The van der Waals surface area contributed by atoms with Gasteiger partial charge in [0, 0.05) is 18.6 Å². The van der Waals surface area contributed by atoms with E-state index >= 15 is 0 Å². The Bertz CT molecular complexity index is 194. The second-order valence-corrected chi connectivity index (χ2v) is 4.05. The maximum Gasteiger partial charge on any atom is 0.191 e. The van der Waals surface area contributed by atoms with Gasteiger partial charge in [0.15, 0.2) is 5.96 Å². The van der Waals surface area contributed by atoms with E-state index < -0.39 is 0 Å². The first kappa shape index (κ1) is 7.90. The van der Waals surface area contributed by atoms with Crippen LogP contribution in [0.4, 0.5) is 0 Å². The SMILES string of the molecule is CC1(NC2=NCCCN2)CCC1. The summed E-state index contributed by atoms with van der Waals surface area (Å²) in [4.78, 5) is 4.39. The smallest absolute Gasteiger partial charge is 0.191 e. The standard InChI is InChI=1S/C9H17N3/c1-9(4-2-5-9)12-8-10-6-3-7-11-8/h2-7H2,1H3,(H2,10,11,12). The molecule has 3 nitrogen and oxygen atoms in total. The van der Waals surface area contributed by atoms with Gasteiger partial charge >= 0.3 is 0 Å². The molecule has 68 valence electrons. The summed E-state index contributed by atoms with van der Waals surface area (Å²) in [5.74, 6) is 1.02. The van der Waals surface area contributed by atoms with Crippen molar-refractivity contribution in [3.63, 3.8) is 0 Å². The van der Waals surface area contributed by atoms with Crippen LogP contribution in [0.3, 0.4) is 0 Å². The first-order valence-corrected chi connectivity index (χ1v) is 4.85. The third kappa shape index (κ3) is 1.54. The summed E-state index contributed by atoms with van der Waals surface area (Å²) in [5, 5.41) is 6.75. The average Bonchev–Trinajstić information content (AvgIpc) is 2.04. The van der Waals surface area contributed by atoms with Gasteiger partial charge in [-0.3, -0.25) is 4.99 Å². The molecule has 2 rings (SSSR count). The highest BCUT2D eigenvalue weighted by Crippen LogP contribution is 2.30. The van der Waals surface area contributed by atoms with Crippen LogP contribution in [0.2, 0.25) is 0 Å². The minimum Gasteiger partial charge on any atom is -0.356 e. The Morgan fingerprint density at radius 3 is 2.75 bits per heavy atom. The lowest BCUT2D eigenvalue weighted by Crippen LogP contribution is -2.55. The molecule has 2 aliphatic rings. The lowest BCUT2D eigenvalue weighted by atomic mass is 9.79. The maximum absolute atomic E-state index is 4.39. The molecule has 0 aromatic heterocycles. The third-order valence-electron chi connectivity index (χ3n) is 2.77. The fraction of sp³-hybridized carbons (Fsp3) is 0.889. The number of hydrogen-bond acceptors (Lipinski definition) is 3. The van der Waals surface area contributed by atoms with Gasteiger partial charge < -0.3 is 10.6 Å². The van der Waals surface area contributed by atoms with Crippen LogP contribution in [0.15, 0.2) is 4.99 Å². The van der Waals surface area contributed by atoms with Gasteiger partial charge in [-0.05, 0) is 32.6 Å². The number of guanidine groups is 1. The lowest BCUT2D eigenvalue weighted by molar-refractivity contribution is 0.241. The molecule has 0 saturated heterocycles. The van der Waals surface area contributed by atoms with E-state index in [4.69, 9.17) is 0 Å². The Hall–Kier alpha value is -0.730. The number of aliphatic imine (C=N–C) groups is 1. The minimum atomic E-state index is 0.336. The minimum absolute atomic E-state index is 0.336. The fourth-order valence-electron chi connectivity index (χ4n) is 1.73. The van der Waals surface area contributed by atoms with Crippen molar-refractivity contribution in [2.45, 2.75) is 38.1 Å². The highest BCUT2D eigenvalue weighted by atomic mass is 15.2. The molecule has 12 heavy (non-hydrogen) atoms. The highest BCUT2D eigenvalue weighted by Gasteiger charge is 2.32. The van der Waals surface area contributed by atoms with Gasteiger partial charge in [0.25, 0.3) is 0 Å². The number of nitrogens with zero attached hydrogens (tertiary/aromatic N) is 1. The lowest BCUT2D eigenvalue weighted by Gasteiger charge is -2.40. The van der Waals surface area contributed by atoms with Gasteiger partial charge in [-0.1, -0.05) is 0 Å². The third-order valence-corrected chi connectivity index (χ3v) is 2.77. The molecule has 1 fully saturated rings. The van der Waals surface area contributed by atoms with Crippen LogP contribution in [-0.4, -0.2) is 24.6 Å². The van der Waals surface area contributed by atoms with E-state index in [0.29, 0.717) is 5.54 Å². The zero-order valence-electron chi connectivity index (χ0n) is 7.69. The molecule has 0 spiro atoms. The van der Waals surface area contributed by atoms with E-state index in [-0.39, 0.29) is 0 Å². The number of hydrogen-bond donors (Lipinski definition) is 2. The second-order valence-electron chi connectivity index (χ2n) is 4.05. The van der Waals surface area contributed by atoms with Gasteiger partial charge in [0.2, 0.25) is 0 Å². The maximum atomic E-state index is 4.39. The Balaban J connectivity index is 1.88. The summed E-state index contributed by atoms with van der Waals surface area (Å²) in [6.07, 6.45) is 5.10. The molecule has 0 radical (unpaired) electrons. The van der Waals surface area contributed by atoms with Crippen molar-refractivity contribution in [1.82, 2.24) is 10.6 Å². The summed E-state index contributed by atoms with van der Waals surface area (Å²) in [6, 6.07) is 0. The van der Waals surface area contributed by atoms with Crippen LogP contribution in [-0.2, 0) is 0 Å². The van der Waals surface area contributed by atoms with Crippen LogP contribution < -0.4 is 10.6 Å². The van der Waals surface area contributed by atoms with Crippen LogP contribution in [0.1, 0.15) is 32.6 Å². The molecular formula is C9H17N3. The Labute approximate surface area is 73.6 Å². The normalized spacial score (nSPS) is 26.6. The molecule has 0 aromatic rings. The zero-order chi connectivity index (χ0) is 8.44. The van der Waals surface area contributed by atoms with Crippen molar-refractivity contribution >= 4 is 5.96 Å². The van der Waals surface area contributed by atoms with Gasteiger partial charge in [-0.2, -0.15) is 0 Å². The van der Waals surface area contributed by atoms with Crippen LogP contribution in [0.5, 0.6) is 0 Å². The second kappa shape index (κ2) is 2.96. The molecule has 0 amide bonds. The van der Waals surface area contributed by atoms with E-state index in [9.17, 15) is 0 Å². The van der Waals surface area contributed by atoms with Crippen LogP contribution in [0.25, 0.3) is 0 Å². The van der Waals surface area contributed by atoms with E-state index in [2.05, 4.69) is 22.5 Å². The van der Waals surface area contributed by atoms with Crippen molar-refractivity contribution in [3.8, 4) is 0 Å². The first-order chi connectivity index (χ1) is 5.79. The van der Waals surface area contributed by atoms with Crippen molar-refractivity contribution in [2.24, 2.45) is 4.99 Å². The van der Waals surface area contributed by atoms with E-state index in [1.165, 1.54) is 25.7 Å². The summed E-state index contributed by atoms with van der Waals surface area (Å²) in [5.41, 5.74) is 0.336. The molecule has 2 N–H and O–H groups in total. The highest BCUT2D eigenvalue weighted by molar-refractivity contribution is 5.81. The molecule has 0 aromatic carbocycles. The molecule has 1 aliphatic carbocycles. The monoisotopic (exact) mass is 167 g/mol. The largest absolute Gasteiger partial charge is 0.356 e. The summed E-state index contributed by atoms with van der Waals surface area (Å²) in [7, 11) is 0. The quantitative estimate of drug-likeness (QED) is 0.608. The number of rotatable bonds is 1. The van der Waals surface area contributed by atoms with Gasteiger partial charge in [0.05, 0.1) is 0 Å². The predicted molar refractivity (Wildman–Crippen MR) is 50.3 cm³/mol. The van der Waals surface area contributed by atoms with E-state index in [1.54, 1.807) is 0 Å². The van der Waals surface area contributed by atoms with Crippen molar-refractivity contribution in [2.75, 3.05) is 13.1 Å². The predicted octanol–water partition coefficient (Wildman–Crippen LogP) is 0.868. The molecular weight excluding hydrogens is 150 g/mol. The summed E-state index contributed by atoms with van der Waals surface area (Å²) < 4.78 is 0. The molecule has 1 saturated carbocycles. The Morgan fingerprint density at radius 1 is 1.42 bits per heavy atom. The number of nitrogens with one attached hydrogen (secondary N) is 2. The van der Waals surface area contributed by atoms with E-state index in [1.807, 2.05) is 0 Å². The molecule has 1 aliphatic heterocycles. The molecule has 0 atom stereocenters. The Kier molecular flexibility index (Phi) is 1.95. The fourth-order valence-corrected chi connectivity index (χ4v) is 1.73. The average molecular weight is 167 g/mol.